The topological polar surface area (TPSA) is 70.8 Å². The summed E-state index contributed by atoms with van der Waals surface area (Å²) in [6.07, 6.45) is 6.97. The van der Waals surface area contributed by atoms with Gasteiger partial charge in [-0.3, -0.25) is 4.79 Å². The van der Waals surface area contributed by atoms with Crippen LogP contribution in [0.4, 0.5) is 0 Å². The van der Waals surface area contributed by atoms with E-state index in [0.717, 1.165) is 25.7 Å². The zero-order chi connectivity index (χ0) is 13.5. The van der Waals surface area contributed by atoms with Gasteiger partial charge >= 0.3 is 5.97 Å². The highest BCUT2D eigenvalue weighted by molar-refractivity contribution is 5.69. The molecule has 0 aromatic carbocycles. The molecule has 2 aliphatic rings. The number of hydrogen-bond acceptors (Lipinski definition) is 6. The summed E-state index contributed by atoms with van der Waals surface area (Å²) in [4.78, 5) is 20.7. The third kappa shape index (κ3) is 4.72. The van der Waals surface area contributed by atoms with Crippen LogP contribution in [-0.4, -0.2) is 54.5 Å². The number of carbonyl (C=O) groups is 1. The summed E-state index contributed by atoms with van der Waals surface area (Å²) in [6.45, 7) is 5.50. The van der Waals surface area contributed by atoms with Crippen LogP contribution in [0, 0.1) is 0 Å². The molecule has 2 heterocycles. The first-order chi connectivity index (χ1) is 9.29. The number of carbonyl (C=O) groups excluding carboxylic acids is 1. The highest BCUT2D eigenvalue weighted by Gasteiger charge is 2.25. The number of likely N-dealkylation sites (tertiary alicyclic amines) is 2. The van der Waals surface area contributed by atoms with Crippen molar-refractivity contribution in [2.24, 2.45) is 5.84 Å². The first-order valence-electron chi connectivity index (χ1n) is 7.41. The number of nitrogens with one attached hydrogen (secondary N) is 1. The molecule has 6 heteroatoms. The normalized spacial score (nSPS) is 23.4. The highest BCUT2D eigenvalue weighted by atomic mass is 16.7. The fourth-order valence-corrected chi connectivity index (χ4v) is 3.16. The van der Waals surface area contributed by atoms with E-state index >= 15 is 0 Å². The average molecular weight is 270 g/mol. The Morgan fingerprint density at radius 3 is 2.47 bits per heavy atom. The van der Waals surface area contributed by atoms with Crippen molar-refractivity contribution in [1.82, 2.24) is 15.4 Å². The predicted octanol–water partition coefficient (Wildman–Crippen LogP) is 0.248. The van der Waals surface area contributed by atoms with Crippen LogP contribution >= 0.6 is 0 Å². The number of hydrogen-bond donors (Lipinski definition) is 2. The lowest BCUT2D eigenvalue weighted by molar-refractivity contribution is -0.151. The van der Waals surface area contributed by atoms with Crippen molar-refractivity contribution >= 4 is 5.97 Å². The lowest BCUT2D eigenvalue weighted by Gasteiger charge is -2.40. The quantitative estimate of drug-likeness (QED) is 0.551. The Morgan fingerprint density at radius 1 is 1.16 bits per heavy atom. The summed E-state index contributed by atoms with van der Waals surface area (Å²) in [5.41, 5.74) is 1.93. The number of rotatable bonds is 5. The maximum Gasteiger partial charge on any atom is 0.327 e. The van der Waals surface area contributed by atoms with Crippen LogP contribution in [0.1, 0.15) is 38.5 Å². The van der Waals surface area contributed by atoms with E-state index < -0.39 is 0 Å². The number of hydrazine groups is 1. The van der Waals surface area contributed by atoms with Gasteiger partial charge in [0, 0.05) is 12.6 Å². The van der Waals surface area contributed by atoms with E-state index in [1.54, 1.807) is 0 Å². The highest BCUT2D eigenvalue weighted by Crippen LogP contribution is 2.20. The van der Waals surface area contributed by atoms with Gasteiger partial charge in [-0.15, -0.1) is 0 Å². The van der Waals surface area contributed by atoms with Crippen LogP contribution < -0.4 is 11.4 Å². The largest absolute Gasteiger partial charge is 0.356 e. The first kappa shape index (κ1) is 14.7. The van der Waals surface area contributed by atoms with E-state index in [-0.39, 0.29) is 5.97 Å². The molecule has 110 valence electrons. The molecular weight excluding hydrogens is 244 g/mol. The van der Waals surface area contributed by atoms with E-state index in [1.807, 2.05) is 5.59 Å². The van der Waals surface area contributed by atoms with E-state index in [0.29, 0.717) is 6.42 Å². The molecule has 0 amide bonds. The smallest absolute Gasteiger partial charge is 0.327 e. The van der Waals surface area contributed by atoms with Gasteiger partial charge < -0.3 is 14.6 Å². The molecule has 0 aliphatic carbocycles. The Labute approximate surface area is 115 Å². The van der Waals surface area contributed by atoms with Gasteiger partial charge in [-0.25, -0.2) is 5.84 Å². The van der Waals surface area contributed by atoms with Crippen molar-refractivity contribution in [1.29, 1.82) is 0 Å². The molecule has 2 fully saturated rings. The summed E-state index contributed by atoms with van der Waals surface area (Å²) in [5, 5.41) is 0. The second-order valence-corrected chi connectivity index (χ2v) is 5.51. The third-order valence-electron chi connectivity index (χ3n) is 4.27. The van der Waals surface area contributed by atoms with Crippen LogP contribution in [0.15, 0.2) is 0 Å². The molecule has 0 spiro atoms. The van der Waals surface area contributed by atoms with Crippen LogP contribution in [0.25, 0.3) is 0 Å². The van der Waals surface area contributed by atoms with Crippen molar-refractivity contribution in [3.05, 3.63) is 0 Å². The predicted molar refractivity (Wildman–Crippen MR) is 72.9 cm³/mol. The fraction of sp³-hybridized carbons (Fsp3) is 0.923. The van der Waals surface area contributed by atoms with Gasteiger partial charge in [0.1, 0.15) is 0 Å². The van der Waals surface area contributed by atoms with Crippen molar-refractivity contribution in [3.8, 4) is 0 Å². The molecule has 0 aromatic heterocycles. The second kappa shape index (κ2) is 7.79. The minimum Gasteiger partial charge on any atom is -0.356 e. The summed E-state index contributed by atoms with van der Waals surface area (Å²) < 4.78 is 0. The van der Waals surface area contributed by atoms with Crippen molar-refractivity contribution in [2.75, 3.05) is 32.7 Å². The minimum absolute atomic E-state index is 0.291. The van der Waals surface area contributed by atoms with E-state index in [1.165, 1.54) is 45.2 Å². The SMILES string of the molecule is NNOC(=O)CCN1CCC(N2CCCCC2)CC1. The summed E-state index contributed by atoms with van der Waals surface area (Å²) in [5.74, 6) is 4.64. The summed E-state index contributed by atoms with van der Waals surface area (Å²) in [6, 6.07) is 0.759. The average Bonchev–Trinajstić information content (AvgIpc) is 2.47. The van der Waals surface area contributed by atoms with Crippen molar-refractivity contribution in [3.63, 3.8) is 0 Å². The molecule has 0 atom stereocenters. The minimum atomic E-state index is -0.291. The number of nitrogens with two attached hydrogens (primary N) is 1. The molecule has 0 aromatic rings. The van der Waals surface area contributed by atoms with Gasteiger partial charge in [0.05, 0.1) is 6.42 Å². The maximum atomic E-state index is 11.2. The molecule has 6 nitrogen and oxygen atoms in total. The van der Waals surface area contributed by atoms with Crippen molar-refractivity contribution in [2.45, 2.75) is 44.6 Å². The zero-order valence-corrected chi connectivity index (χ0v) is 11.6. The lowest BCUT2D eigenvalue weighted by atomic mass is 10.00. The van der Waals surface area contributed by atoms with Gasteiger partial charge in [-0.05, 0) is 51.9 Å². The molecule has 0 unspecified atom stereocenters. The van der Waals surface area contributed by atoms with Gasteiger partial charge in [0.15, 0.2) is 0 Å². The van der Waals surface area contributed by atoms with E-state index in [2.05, 4.69) is 14.6 Å². The van der Waals surface area contributed by atoms with Crippen LogP contribution in [-0.2, 0) is 9.63 Å². The Morgan fingerprint density at radius 2 is 1.84 bits per heavy atom. The molecule has 2 rings (SSSR count). The molecule has 3 N–H and O–H groups in total. The Kier molecular flexibility index (Phi) is 6.03. The van der Waals surface area contributed by atoms with Crippen LogP contribution in [0.5, 0.6) is 0 Å². The zero-order valence-electron chi connectivity index (χ0n) is 11.6. The van der Waals surface area contributed by atoms with Gasteiger partial charge in [-0.2, -0.15) is 0 Å². The number of nitrogens with zero attached hydrogens (tertiary/aromatic N) is 2. The van der Waals surface area contributed by atoms with E-state index in [4.69, 9.17) is 5.84 Å². The van der Waals surface area contributed by atoms with Gasteiger partial charge in [-0.1, -0.05) is 12.0 Å². The summed E-state index contributed by atoms with van der Waals surface area (Å²) >= 11 is 0. The summed E-state index contributed by atoms with van der Waals surface area (Å²) in [7, 11) is 0. The van der Waals surface area contributed by atoms with Crippen LogP contribution in [0.2, 0.25) is 0 Å². The molecule has 2 saturated heterocycles. The second-order valence-electron chi connectivity index (χ2n) is 5.51. The Balaban J connectivity index is 1.63. The lowest BCUT2D eigenvalue weighted by Crippen LogP contribution is -2.47. The molecule has 19 heavy (non-hydrogen) atoms. The van der Waals surface area contributed by atoms with Crippen molar-refractivity contribution < 1.29 is 9.63 Å². The molecular formula is C13H26N4O2. The third-order valence-corrected chi connectivity index (χ3v) is 4.27. The maximum absolute atomic E-state index is 11.2. The molecule has 0 saturated carbocycles. The first-order valence-corrected chi connectivity index (χ1v) is 7.41. The van der Waals surface area contributed by atoms with Gasteiger partial charge in [0.2, 0.25) is 0 Å². The fourth-order valence-electron chi connectivity index (χ4n) is 3.16. The molecule has 2 aliphatic heterocycles. The molecule has 0 bridgehead atoms. The number of piperidine rings is 2. The Hall–Kier alpha value is -0.690. The van der Waals surface area contributed by atoms with Crippen LogP contribution in [0.3, 0.4) is 0 Å². The standard InChI is InChI=1S/C13H26N4O2/c14-15-19-13(18)6-11-16-9-4-12(5-10-16)17-7-2-1-3-8-17/h12,15H,1-11,14H2. The van der Waals surface area contributed by atoms with E-state index in [9.17, 15) is 4.79 Å². The molecule has 0 radical (unpaired) electrons. The Bertz CT molecular complexity index is 274. The monoisotopic (exact) mass is 270 g/mol. The van der Waals surface area contributed by atoms with Gasteiger partial charge in [0.25, 0.3) is 0 Å².